The van der Waals surface area contributed by atoms with Crippen LogP contribution >= 0.6 is 0 Å². The minimum atomic E-state index is -0.141. The largest absolute Gasteiger partial charge is 0.348 e. The van der Waals surface area contributed by atoms with E-state index >= 15 is 0 Å². The van der Waals surface area contributed by atoms with Crippen molar-refractivity contribution in [2.45, 2.75) is 52.5 Å². The van der Waals surface area contributed by atoms with Crippen LogP contribution in [0.5, 0.6) is 0 Å². The SMILES string of the molecule is CCN(CC)C(=O)c1cc(C(=O)N[C@H]2CCCC[C@@H]2C)n(C)n1. The van der Waals surface area contributed by atoms with E-state index in [1.165, 1.54) is 11.1 Å². The van der Waals surface area contributed by atoms with E-state index in [2.05, 4.69) is 17.3 Å². The fourth-order valence-corrected chi connectivity index (χ4v) is 3.23. The van der Waals surface area contributed by atoms with Crippen molar-refractivity contribution in [3.05, 3.63) is 17.5 Å². The second-order valence-corrected chi connectivity index (χ2v) is 6.36. The quantitative estimate of drug-likeness (QED) is 0.904. The number of rotatable bonds is 5. The smallest absolute Gasteiger partial charge is 0.274 e. The van der Waals surface area contributed by atoms with E-state index in [9.17, 15) is 9.59 Å². The number of amides is 2. The molecule has 0 aromatic carbocycles. The summed E-state index contributed by atoms with van der Waals surface area (Å²) in [5.74, 6) is 0.228. The minimum Gasteiger partial charge on any atom is -0.348 e. The molecule has 2 amide bonds. The molecule has 1 aliphatic carbocycles. The molecule has 0 aliphatic heterocycles. The lowest BCUT2D eigenvalue weighted by Crippen LogP contribution is -2.41. The molecule has 23 heavy (non-hydrogen) atoms. The molecule has 1 fully saturated rings. The van der Waals surface area contributed by atoms with Crippen molar-refractivity contribution in [1.29, 1.82) is 0 Å². The molecule has 1 aliphatic rings. The maximum absolute atomic E-state index is 12.5. The lowest BCUT2D eigenvalue weighted by molar-refractivity contribution is 0.0766. The fourth-order valence-electron chi connectivity index (χ4n) is 3.23. The Bertz CT molecular complexity index is 563. The average Bonchev–Trinajstić information content (AvgIpc) is 2.92. The normalized spacial score (nSPS) is 21.0. The zero-order chi connectivity index (χ0) is 17.0. The molecule has 0 saturated heterocycles. The van der Waals surface area contributed by atoms with E-state index in [1.807, 2.05) is 13.8 Å². The molecule has 0 radical (unpaired) electrons. The van der Waals surface area contributed by atoms with Crippen LogP contribution < -0.4 is 5.32 Å². The number of nitrogens with zero attached hydrogens (tertiary/aromatic N) is 3. The molecule has 6 nitrogen and oxygen atoms in total. The first-order valence-electron chi connectivity index (χ1n) is 8.62. The maximum Gasteiger partial charge on any atom is 0.274 e. The number of hydrogen-bond donors (Lipinski definition) is 1. The van der Waals surface area contributed by atoms with Gasteiger partial charge in [-0.1, -0.05) is 19.8 Å². The topological polar surface area (TPSA) is 67.2 Å². The van der Waals surface area contributed by atoms with Crippen molar-refractivity contribution in [2.75, 3.05) is 13.1 Å². The number of aromatic nitrogens is 2. The van der Waals surface area contributed by atoms with Crippen LogP contribution in [-0.2, 0) is 7.05 Å². The van der Waals surface area contributed by atoms with Gasteiger partial charge in [0.05, 0.1) is 0 Å². The molecule has 2 rings (SSSR count). The molecule has 0 bridgehead atoms. The van der Waals surface area contributed by atoms with E-state index < -0.39 is 0 Å². The van der Waals surface area contributed by atoms with Gasteiger partial charge < -0.3 is 10.2 Å². The van der Waals surface area contributed by atoms with Crippen LogP contribution in [0.2, 0.25) is 0 Å². The molecule has 6 heteroatoms. The van der Waals surface area contributed by atoms with Crippen molar-refractivity contribution >= 4 is 11.8 Å². The van der Waals surface area contributed by atoms with Crippen LogP contribution in [0.3, 0.4) is 0 Å². The Balaban J connectivity index is 2.10. The molecule has 1 saturated carbocycles. The van der Waals surface area contributed by atoms with Crippen LogP contribution in [0.4, 0.5) is 0 Å². The maximum atomic E-state index is 12.5. The van der Waals surface area contributed by atoms with E-state index in [1.54, 1.807) is 18.0 Å². The highest BCUT2D eigenvalue weighted by Gasteiger charge is 2.26. The van der Waals surface area contributed by atoms with Crippen molar-refractivity contribution in [2.24, 2.45) is 13.0 Å². The van der Waals surface area contributed by atoms with Gasteiger partial charge in [0.25, 0.3) is 11.8 Å². The zero-order valence-electron chi connectivity index (χ0n) is 14.6. The third-order valence-corrected chi connectivity index (χ3v) is 4.81. The number of hydrogen-bond acceptors (Lipinski definition) is 3. The summed E-state index contributed by atoms with van der Waals surface area (Å²) in [6.07, 6.45) is 4.58. The molecule has 0 unspecified atom stereocenters. The minimum absolute atomic E-state index is 0.129. The Morgan fingerprint density at radius 3 is 2.57 bits per heavy atom. The fraction of sp³-hybridized carbons (Fsp3) is 0.706. The summed E-state index contributed by atoms with van der Waals surface area (Å²) >= 11 is 0. The Hall–Kier alpha value is -1.85. The lowest BCUT2D eigenvalue weighted by Gasteiger charge is -2.29. The van der Waals surface area contributed by atoms with Gasteiger partial charge in [0.1, 0.15) is 5.69 Å². The van der Waals surface area contributed by atoms with Gasteiger partial charge in [-0.3, -0.25) is 14.3 Å². The highest BCUT2D eigenvalue weighted by atomic mass is 16.2. The number of carbonyl (C=O) groups is 2. The molecular weight excluding hydrogens is 292 g/mol. The second kappa shape index (κ2) is 7.62. The summed E-state index contributed by atoms with van der Waals surface area (Å²) in [5, 5.41) is 7.34. The third kappa shape index (κ3) is 3.92. The van der Waals surface area contributed by atoms with Crippen LogP contribution in [0.15, 0.2) is 6.07 Å². The number of nitrogens with one attached hydrogen (secondary N) is 1. The van der Waals surface area contributed by atoms with E-state index in [0.717, 1.165) is 19.3 Å². The first kappa shape index (κ1) is 17.5. The van der Waals surface area contributed by atoms with Gasteiger partial charge in [0.15, 0.2) is 5.69 Å². The van der Waals surface area contributed by atoms with Crippen LogP contribution in [0.1, 0.15) is 67.4 Å². The molecule has 128 valence electrons. The van der Waals surface area contributed by atoms with Gasteiger partial charge >= 0.3 is 0 Å². The van der Waals surface area contributed by atoms with Gasteiger partial charge in [0.2, 0.25) is 0 Å². The Kier molecular flexibility index (Phi) is 5.80. The highest BCUT2D eigenvalue weighted by molar-refractivity contribution is 5.98. The lowest BCUT2D eigenvalue weighted by atomic mass is 9.86. The van der Waals surface area contributed by atoms with E-state index in [0.29, 0.717) is 30.4 Å². The third-order valence-electron chi connectivity index (χ3n) is 4.81. The van der Waals surface area contributed by atoms with Gasteiger partial charge in [-0.15, -0.1) is 0 Å². The first-order valence-corrected chi connectivity index (χ1v) is 8.62. The molecule has 1 N–H and O–H groups in total. The van der Waals surface area contributed by atoms with E-state index in [-0.39, 0.29) is 17.9 Å². The second-order valence-electron chi connectivity index (χ2n) is 6.36. The summed E-state index contributed by atoms with van der Waals surface area (Å²) in [7, 11) is 1.71. The molecule has 0 spiro atoms. The average molecular weight is 320 g/mol. The summed E-state index contributed by atoms with van der Waals surface area (Å²) in [5.41, 5.74) is 0.774. The van der Waals surface area contributed by atoms with Gasteiger partial charge in [-0.25, -0.2) is 0 Å². The predicted octanol–water partition coefficient (Wildman–Crippen LogP) is 2.21. The summed E-state index contributed by atoms with van der Waals surface area (Å²) in [4.78, 5) is 26.6. The van der Waals surface area contributed by atoms with Crippen LogP contribution in [-0.4, -0.2) is 45.6 Å². The van der Waals surface area contributed by atoms with Gasteiger partial charge in [-0.05, 0) is 32.6 Å². The predicted molar refractivity (Wildman–Crippen MR) is 89.3 cm³/mol. The van der Waals surface area contributed by atoms with Crippen molar-refractivity contribution < 1.29 is 9.59 Å². The van der Waals surface area contributed by atoms with Crippen molar-refractivity contribution in [1.82, 2.24) is 20.0 Å². The highest BCUT2D eigenvalue weighted by Crippen LogP contribution is 2.24. The van der Waals surface area contributed by atoms with Crippen molar-refractivity contribution in [3.8, 4) is 0 Å². The van der Waals surface area contributed by atoms with Gasteiger partial charge in [-0.2, -0.15) is 5.10 Å². The van der Waals surface area contributed by atoms with Crippen LogP contribution in [0.25, 0.3) is 0 Å². The van der Waals surface area contributed by atoms with Crippen LogP contribution in [0, 0.1) is 5.92 Å². The van der Waals surface area contributed by atoms with E-state index in [4.69, 9.17) is 0 Å². The molecule has 1 aromatic rings. The first-order chi connectivity index (χ1) is 11.0. The zero-order valence-corrected chi connectivity index (χ0v) is 14.6. The molecular formula is C17H28N4O2. The monoisotopic (exact) mass is 320 g/mol. The standard InChI is InChI=1S/C17H28N4O2/c1-5-21(6-2)17(23)14-11-15(20(4)19-14)16(22)18-13-10-8-7-9-12(13)3/h11-13H,5-10H2,1-4H3,(H,18,22)/t12-,13-/m0/s1. The van der Waals surface area contributed by atoms with Gasteiger partial charge in [0, 0.05) is 32.2 Å². The summed E-state index contributed by atoms with van der Waals surface area (Å²) in [6, 6.07) is 1.82. The molecule has 1 aromatic heterocycles. The molecule has 1 heterocycles. The number of aryl methyl sites for hydroxylation is 1. The summed E-state index contributed by atoms with van der Waals surface area (Å²) < 4.78 is 1.50. The Labute approximate surface area is 138 Å². The summed E-state index contributed by atoms with van der Waals surface area (Å²) in [6.45, 7) is 7.31. The van der Waals surface area contributed by atoms with Crippen molar-refractivity contribution in [3.63, 3.8) is 0 Å². The Morgan fingerprint density at radius 1 is 1.30 bits per heavy atom. The number of carbonyl (C=O) groups excluding carboxylic acids is 2. The molecule has 2 atom stereocenters. The Morgan fingerprint density at radius 2 is 1.96 bits per heavy atom.